The quantitative estimate of drug-likeness (QED) is 0.328. The van der Waals surface area contributed by atoms with Crippen molar-refractivity contribution < 1.29 is 9.84 Å². The maximum absolute atomic E-state index is 10.8. The van der Waals surface area contributed by atoms with Gasteiger partial charge in [-0.15, -0.1) is 0 Å². The molecule has 4 heteroatoms. The van der Waals surface area contributed by atoms with Crippen LogP contribution in [-0.4, -0.2) is 24.4 Å². The summed E-state index contributed by atoms with van der Waals surface area (Å²) in [6.07, 6.45) is -0.707. The first kappa shape index (κ1) is 22.1. The Hall–Kier alpha value is -3.11. The van der Waals surface area contributed by atoms with Crippen molar-refractivity contribution >= 4 is 11.6 Å². The Bertz CT molecular complexity index is 990. The second kappa shape index (κ2) is 10.5. The molecule has 2 N–H and O–H groups in total. The standard InChI is InChI=1S/C28H26ClNO2/c29-25-16-18-27(19-17-25)32-21-26(31)20-30-28(22-10-4-1-5-11-22,23-12-6-2-7-13-23)24-14-8-3-9-15-24/h1-19,26,30-31H,20-21H2/t26-/m0/s1. The minimum absolute atomic E-state index is 0.170. The molecule has 0 amide bonds. The molecule has 1 atom stereocenters. The smallest absolute Gasteiger partial charge is 0.119 e. The molecule has 0 aliphatic heterocycles. The second-order valence-electron chi connectivity index (χ2n) is 7.65. The van der Waals surface area contributed by atoms with E-state index in [0.29, 0.717) is 17.3 Å². The first-order valence-electron chi connectivity index (χ1n) is 10.7. The van der Waals surface area contributed by atoms with Crippen LogP contribution in [0.2, 0.25) is 5.02 Å². The van der Waals surface area contributed by atoms with Gasteiger partial charge < -0.3 is 9.84 Å². The lowest BCUT2D eigenvalue weighted by molar-refractivity contribution is 0.101. The second-order valence-corrected chi connectivity index (χ2v) is 8.08. The molecule has 0 heterocycles. The SMILES string of the molecule is O[C@@H](CNC(c1ccccc1)(c1ccccc1)c1ccccc1)COc1ccc(Cl)cc1. The molecule has 162 valence electrons. The minimum Gasteiger partial charge on any atom is -0.491 e. The van der Waals surface area contributed by atoms with E-state index in [1.165, 1.54) is 0 Å². The van der Waals surface area contributed by atoms with Crippen LogP contribution in [0.3, 0.4) is 0 Å². The van der Waals surface area contributed by atoms with Crippen LogP contribution in [0.25, 0.3) is 0 Å². The third kappa shape index (κ3) is 5.03. The number of hydrogen-bond donors (Lipinski definition) is 2. The van der Waals surface area contributed by atoms with Crippen LogP contribution >= 0.6 is 11.6 Å². The number of rotatable bonds is 9. The number of benzene rings is 4. The van der Waals surface area contributed by atoms with Gasteiger partial charge in [-0.3, -0.25) is 5.32 Å². The molecule has 0 saturated heterocycles. The molecule has 4 aromatic rings. The summed E-state index contributed by atoms with van der Waals surface area (Å²) < 4.78 is 5.76. The van der Waals surface area contributed by atoms with Gasteiger partial charge in [0.1, 0.15) is 18.5 Å². The van der Waals surface area contributed by atoms with E-state index < -0.39 is 11.6 Å². The maximum atomic E-state index is 10.8. The molecule has 4 rings (SSSR count). The molecule has 0 fully saturated rings. The topological polar surface area (TPSA) is 41.5 Å². The van der Waals surface area contributed by atoms with E-state index >= 15 is 0 Å². The molecule has 0 saturated carbocycles. The molecule has 0 aliphatic rings. The zero-order chi connectivity index (χ0) is 22.2. The minimum atomic E-state index is -0.707. The van der Waals surface area contributed by atoms with E-state index in [1.807, 2.05) is 54.6 Å². The summed E-state index contributed by atoms with van der Waals surface area (Å²) in [4.78, 5) is 0. The van der Waals surface area contributed by atoms with Gasteiger partial charge in [0.05, 0.1) is 5.54 Å². The Balaban J connectivity index is 1.63. The van der Waals surface area contributed by atoms with Gasteiger partial charge in [0.15, 0.2) is 0 Å². The van der Waals surface area contributed by atoms with Gasteiger partial charge in [0, 0.05) is 11.6 Å². The number of aliphatic hydroxyl groups excluding tert-OH is 1. The van der Waals surface area contributed by atoms with Gasteiger partial charge >= 0.3 is 0 Å². The lowest BCUT2D eigenvalue weighted by Crippen LogP contribution is -2.48. The van der Waals surface area contributed by atoms with Crippen molar-refractivity contribution in [2.24, 2.45) is 0 Å². The zero-order valence-corrected chi connectivity index (χ0v) is 18.5. The van der Waals surface area contributed by atoms with E-state index in [4.69, 9.17) is 16.3 Å². The molecule has 32 heavy (non-hydrogen) atoms. The Kier molecular flexibility index (Phi) is 7.23. The van der Waals surface area contributed by atoms with E-state index in [2.05, 4.69) is 41.7 Å². The van der Waals surface area contributed by atoms with Crippen molar-refractivity contribution in [2.45, 2.75) is 11.6 Å². The fourth-order valence-electron chi connectivity index (χ4n) is 3.92. The van der Waals surface area contributed by atoms with Gasteiger partial charge in [-0.1, -0.05) is 103 Å². The highest BCUT2D eigenvalue weighted by atomic mass is 35.5. The van der Waals surface area contributed by atoms with Gasteiger partial charge in [-0.2, -0.15) is 0 Å². The summed E-state index contributed by atoms with van der Waals surface area (Å²) in [5.74, 6) is 0.675. The Morgan fingerprint density at radius 3 is 1.56 bits per heavy atom. The Morgan fingerprint density at radius 2 is 1.12 bits per heavy atom. The monoisotopic (exact) mass is 443 g/mol. The van der Waals surface area contributed by atoms with Crippen LogP contribution in [0.15, 0.2) is 115 Å². The highest BCUT2D eigenvalue weighted by Gasteiger charge is 2.36. The molecular weight excluding hydrogens is 418 g/mol. The molecule has 0 aromatic heterocycles. The summed E-state index contributed by atoms with van der Waals surface area (Å²) in [5, 5.41) is 15.1. The summed E-state index contributed by atoms with van der Waals surface area (Å²) in [6, 6.07) is 38.1. The van der Waals surface area contributed by atoms with Crippen molar-refractivity contribution in [3.05, 3.63) is 137 Å². The Labute approximate surface area is 194 Å². The van der Waals surface area contributed by atoms with Crippen LogP contribution in [0.5, 0.6) is 5.75 Å². The largest absolute Gasteiger partial charge is 0.491 e. The molecule has 0 spiro atoms. The van der Waals surface area contributed by atoms with Gasteiger partial charge in [-0.25, -0.2) is 0 Å². The van der Waals surface area contributed by atoms with E-state index in [9.17, 15) is 5.11 Å². The summed E-state index contributed by atoms with van der Waals surface area (Å²) in [7, 11) is 0. The number of nitrogens with one attached hydrogen (secondary N) is 1. The average Bonchev–Trinajstić information content (AvgIpc) is 2.86. The summed E-state index contributed by atoms with van der Waals surface area (Å²) >= 11 is 5.93. The summed E-state index contributed by atoms with van der Waals surface area (Å²) in [6.45, 7) is 0.509. The molecule has 0 aliphatic carbocycles. The van der Waals surface area contributed by atoms with Crippen LogP contribution in [0.1, 0.15) is 16.7 Å². The normalized spacial score (nSPS) is 12.3. The molecule has 0 radical (unpaired) electrons. The number of hydrogen-bond acceptors (Lipinski definition) is 3. The Morgan fingerprint density at radius 1 is 0.688 bits per heavy atom. The number of aliphatic hydroxyl groups is 1. The van der Waals surface area contributed by atoms with Crippen molar-refractivity contribution in [3.8, 4) is 5.75 Å². The fraction of sp³-hybridized carbons (Fsp3) is 0.143. The predicted molar refractivity (Wildman–Crippen MR) is 130 cm³/mol. The van der Waals surface area contributed by atoms with Crippen LogP contribution in [0.4, 0.5) is 0 Å². The van der Waals surface area contributed by atoms with Gasteiger partial charge in [-0.05, 0) is 41.0 Å². The van der Waals surface area contributed by atoms with Crippen molar-refractivity contribution in [1.29, 1.82) is 0 Å². The average molecular weight is 444 g/mol. The lowest BCUT2D eigenvalue weighted by atomic mass is 9.77. The van der Waals surface area contributed by atoms with Crippen LogP contribution < -0.4 is 10.1 Å². The highest BCUT2D eigenvalue weighted by Crippen LogP contribution is 2.36. The van der Waals surface area contributed by atoms with Crippen LogP contribution in [0, 0.1) is 0 Å². The number of ether oxygens (including phenoxy) is 1. The first-order valence-corrected chi connectivity index (χ1v) is 11.0. The number of halogens is 1. The third-order valence-electron chi connectivity index (χ3n) is 5.48. The lowest BCUT2D eigenvalue weighted by Gasteiger charge is -2.37. The van der Waals surface area contributed by atoms with Gasteiger partial charge in [0.2, 0.25) is 0 Å². The molecule has 0 bridgehead atoms. The molecule has 4 aromatic carbocycles. The maximum Gasteiger partial charge on any atom is 0.119 e. The van der Waals surface area contributed by atoms with E-state index in [0.717, 1.165) is 16.7 Å². The zero-order valence-electron chi connectivity index (χ0n) is 17.7. The summed E-state index contributed by atoms with van der Waals surface area (Å²) in [5.41, 5.74) is 2.68. The molecular formula is C28H26ClNO2. The molecule has 3 nitrogen and oxygen atoms in total. The van der Waals surface area contributed by atoms with Crippen molar-refractivity contribution in [3.63, 3.8) is 0 Å². The van der Waals surface area contributed by atoms with Crippen molar-refractivity contribution in [1.82, 2.24) is 5.32 Å². The highest BCUT2D eigenvalue weighted by molar-refractivity contribution is 6.30. The van der Waals surface area contributed by atoms with E-state index in [1.54, 1.807) is 24.3 Å². The van der Waals surface area contributed by atoms with Crippen LogP contribution in [-0.2, 0) is 5.54 Å². The predicted octanol–water partition coefficient (Wildman–Crippen LogP) is 5.66. The van der Waals surface area contributed by atoms with Gasteiger partial charge in [0.25, 0.3) is 0 Å². The van der Waals surface area contributed by atoms with Crippen molar-refractivity contribution in [2.75, 3.05) is 13.2 Å². The first-order chi connectivity index (χ1) is 15.7. The fourth-order valence-corrected chi connectivity index (χ4v) is 4.05. The van der Waals surface area contributed by atoms with E-state index in [-0.39, 0.29) is 6.61 Å². The molecule has 0 unspecified atom stereocenters. The third-order valence-corrected chi connectivity index (χ3v) is 5.73.